The minimum absolute atomic E-state index is 0.649. The predicted octanol–water partition coefficient (Wildman–Crippen LogP) is 2.57. The zero-order chi connectivity index (χ0) is 10.7. The van der Waals surface area contributed by atoms with Crippen molar-refractivity contribution in [3.8, 4) is 5.75 Å². The van der Waals surface area contributed by atoms with E-state index in [1.165, 1.54) is 0 Å². The first-order chi connectivity index (χ1) is 7.31. The Bertz CT molecular complexity index is 390. The van der Waals surface area contributed by atoms with Gasteiger partial charge in [0.25, 0.3) is 0 Å². The monoisotopic (exact) mass is 222 g/mol. The van der Waals surface area contributed by atoms with E-state index in [1.54, 1.807) is 11.8 Å². The lowest BCUT2D eigenvalue weighted by Crippen LogP contribution is -2.10. The van der Waals surface area contributed by atoms with E-state index in [9.17, 15) is 0 Å². The number of fused-ring (bicyclic) bond motifs is 1. The third-order valence-electron chi connectivity index (χ3n) is 2.13. The molecule has 0 aromatic heterocycles. The number of nitrogens with zero attached hydrogens (tertiary/aromatic N) is 1. The van der Waals surface area contributed by atoms with E-state index < -0.39 is 0 Å². The second-order valence-corrected chi connectivity index (χ2v) is 4.37. The molecular formula is C11H14N2OS. The van der Waals surface area contributed by atoms with Crippen LogP contribution < -0.4 is 10.5 Å². The Morgan fingerprint density at radius 3 is 3.20 bits per heavy atom. The highest BCUT2D eigenvalue weighted by atomic mass is 32.2. The molecule has 2 N–H and O–H groups in total. The maximum absolute atomic E-state index is 5.80. The van der Waals surface area contributed by atoms with Crippen LogP contribution in [0.25, 0.3) is 0 Å². The molecule has 3 nitrogen and oxygen atoms in total. The van der Waals surface area contributed by atoms with Crippen LogP contribution in [-0.4, -0.2) is 18.2 Å². The van der Waals surface area contributed by atoms with Crippen molar-refractivity contribution in [3.63, 3.8) is 0 Å². The minimum atomic E-state index is 0.649. The molecule has 1 heterocycles. The average Bonchev–Trinajstić information content (AvgIpc) is 2.40. The quantitative estimate of drug-likeness (QED) is 0.836. The summed E-state index contributed by atoms with van der Waals surface area (Å²) in [7, 11) is 0. The molecule has 0 atom stereocenters. The zero-order valence-electron chi connectivity index (χ0n) is 8.69. The van der Waals surface area contributed by atoms with Crippen molar-refractivity contribution in [2.75, 3.05) is 12.4 Å². The van der Waals surface area contributed by atoms with Gasteiger partial charge in [0, 0.05) is 17.1 Å². The first-order valence-corrected chi connectivity index (χ1v) is 6.01. The second kappa shape index (κ2) is 4.57. The molecule has 0 fully saturated rings. The molecule has 1 aromatic carbocycles. The average molecular weight is 222 g/mol. The van der Waals surface area contributed by atoms with Gasteiger partial charge in [-0.15, -0.1) is 11.8 Å². The minimum Gasteiger partial charge on any atom is -0.492 e. The maximum Gasteiger partial charge on any atom is 0.146 e. The molecule has 1 aliphatic rings. The van der Waals surface area contributed by atoms with E-state index in [4.69, 9.17) is 10.5 Å². The van der Waals surface area contributed by atoms with Gasteiger partial charge in [0.1, 0.15) is 17.3 Å². The van der Waals surface area contributed by atoms with Crippen LogP contribution in [0.3, 0.4) is 0 Å². The summed E-state index contributed by atoms with van der Waals surface area (Å²) in [6.45, 7) is 2.62. The highest BCUT2D eigenvalue weighted by molar-refractivity contribution is 7.99. The Morgan fingerprint density at radius 1 is 1.53 bits per heavy atom. The van der Waals surface area contributed by atoms with E-state index in [-0.39, 0.29) is 0 Å². The van der Waals surface area contributed by atoms with Crippen molar-refractivity contribution >= 4 is 23.3 Å². The maximum atomic E-state index is 5.80. The number of nitrogens with two attached hydrogens (primary N) is 1. The SMILES string of the molecule is CCOc1cccc2c1N=C(N)CCS2. The molecule has 4 heteroatoms. The molecule has 0 saturated heterocycles. The Hall–Kier alpha value is -1.16. The predicted molar refractivity (Wildman–Crippen MR) is 64.2 cm³/mol. The van der Waals surface area contributed by atoms with Crippen molar-refractivity contribution in [2.24, 2.45) is 10.7 Å². The highest BCUT2D eigenvalue weighted by Gasteiger charge is 2.13. The van der Waals surface area contributed by atoms with Crippen molar-refractivity contribution in [3.05, 3.63) is 18.2 Å². The molecule has 0 radical (unpaired) electrons. The van der Waals surface area contributed by atoms with Crippen LogP contribution >= 0.6 is 11.8 Å². The highest BCUT2D eigenvalue weighted by Crippen LogP contribution is 2.39. The molecule has 1 aliphatic heterocycles. The third-order valence-corrected chi connectivity index (χ3v) is 3.18. The Morgan fingerprint density at radius 2 is 2.40 bits per heavy atom. The molecule has 0 amide bonds. The number of ether oxygens (including phenoxy) is 1. The number of benzene rings is 1. The van der Waals surface area contributed by atoms with E-state index in [0.29, 0.717) is 12.4 Å². The van der Waals surface area contributed by atoms with E-state index in [2.05, 4.69) is 11.1 Å². The van der Waals surface area contributed by atoms with E-state index >= 15 is 0 Å². The van der Waals surface area contributed by atoms with Gasteiger partial charge in [0.15, 0.2) is 0 Å². The Kier molecular flexibility index (Phi) is 3.16. The van der Waals surface area contributed by atoms with E-state index in [1.807, 2.05) is 19.1 Å². The normalized spacial score (nSPS) is 15.1. The van der Waals surface area contributed by atoms with Crippen LogP contribution in [0.1, 0.15) is 13.3 Å². The Labute approximate surface area is 93.7 Å². The molecule has 0 spiro atoms. The van der Waals surface area contributed by atoms with Crippen LogP contribution in [0.5, 0.6) is 5.75 Å². The number of para-hydroxylation sites is 1. The van der Waals surface area contributed by atoms with Crippen molar-refractivity contribution in [1.29, 1.82) is 0 Å². The Balaban J connectivity index is 2.46. The molecule has 0 unspecified atom stereocenters. The summed E-state index contributed by atoms with van der Waals surface area (Å²) in [6.07, 6.45) is 0.838. The van der Waals surface area contributed by atoms with Gasteiger partial charge in [-0.1, -0.05) is 6.07 Å². The summed E-state index contributed by atoms with van der Waals surface area (Å²) in [5.41, 5.74) is 6.68. The smallest absolute Gasteiger partial charge is 0.146 e. The molecule has 0 aliphatic carbocycles. The van der Waals surface area contributed by atoms with Gasteiger partial charge < -0.3 is 10.5 Å². The summed E-state index contributed by atoms with van der Waals surface area (Å²) in [5.74, 6) is 2.50. The standard InChI is InChI=1S/C11H14N2OS/c1-2-14-8-4-3-5-9-11(8)13-10(12)6-7-15-9/h3-5H,2,6-7H2,1H3,(H2,12,13). The van der Waals surface area contributed by atoms with Gasteiger partial charge in [-0.05, 0) is 19.1 Å². The number of hydrogen-bond acceptors (Lipinski definition) is 4. The zero-order valence-corrected chi connectivity index (χ0v) is 9.51. The fraction of sp³-hybridized carbons (Fsp3) is 0.364. The number of thioether (sulfide) groups is 1. The topological polar surface area (TPSA) is 47.6 Å². The molecule has 15 heavy (non-hydrogen) atoms. The lowest BCUT2D eigenvalue weighted by Gasteiger charge is -2.09. The van der Waals surface area contributed by atoms with Crippen molar-refractivity contribution < 1.29 is 4.74 Å². The summed E-state index contributed by atoms with van der Waals surface area (Å²) in [6, 6.07) is 5.99. The molecular weight excluding hydrogens is 208 g/mol. The summed E-state index contributed by atoms with van der Waals surface area (Å²) >= 11 is 1.78. The van der Waals surface area contributed by atoms with Gasteiger partial charge in [-0.25, -0.2) is 4.99 Å². The van der Waals surface area contributed by atoms with Crippen LogP contribution in [-0.2, 0) is 0 Å². The van der Waals surface area contributed by atoms with Crippen molar-refractivity contribution in [2.45, 2.75) is 18.2 Å². The number of hydrogen-bond donors (Lipinski definition) is 1. The molecule has 2 rings (SSSR count). The fourth-order valence-electron chi connectivity index (χ4n) is 1.47. The molecule has 0 bridgehead atoms. The van der Waals surface area contributed by atoms with Gasteiger partial charge in [0.05, 0.1) is 6.61 Å². The lowest BCUT2D eigenvalue weighted by atomic mass is 10.3. The van der Waals surface area contributed by atoms with Crippen LogP contribution in [0.2, 0.25) is 0 Å². The molecule has 80 valence electrons. The first-order valence-electron chi connectivity index (χ1n) is 5.03. The van der Waals surface area contributed by atoms with E-state index in [0.717, 1.165) is 28.5 Å². The molecule has 1 aromatic rings. The summed E-state index contributed by atoms with van der Waals surface area (Å²) in [4.78, 5) is 5.56. The molecule has 0 saturated carbocycles. The van der Waals surface area contributed by atoms with Gasteiger partial charge in [-0.2, -0.15) is 0 Å². The number of amidine groups is 1. The summed E-state index contributed by atoms with van der Waals surface area (Å²) in [5, 5.41) is 0. The largest absolute Gasteiger partial charge is 0.492 e. The van der Waals surface area contributed by atoms with Crippen molar-refractivity contribution in [1.82, 2.24) is 0 Å². The van der Waals surface area contributed by atoms with Gasteiger partial charge in [-0.3, -0.25) is 0 Å². The van der Waals surface area contributed by atoms with Gasteiger partial charge in [0.2, 0.25) is 0 Å². The van der Waals surface area contributed by atoms with Crippen LogP contribution in [0.15, 0.2) is 28.1 Å². The second-order valence-electron chi connectivity index (χ2n) is 3.24. The summed E-state index contributed by atoms with van der Waals surface area (Å²) < 4.78 is 5.53. The third kappa shape index (κ3) is 2.26. The van der Waals surface area contributed by atoms with Crippen LogP contribution in [0.4, 0.5) is 5.69 Å². The number of aliphatic imine (C=N–C) groups is 1. The van der Waals surface area contributed by atoms with Gasteiger partial charge >= 0.3 is 0 Å². The number of rotatable bonds is 2. The van der Waals surface area contributed by atoms with Crippen LogP contribution in [0, 0.1) is 0 Å². The first kappa shape index (κ1) is 10.4. The lowest BCUT2D eigenvalue weighted by molar-refractivity contribution is 0.341. The fourth-order valence-corrected chi connectivity index (χ4v) is 2.45.